The van der Waals surface area contributed by atoms with Crippen molar-refractivity contribution in [2.45, 2.75) is 0 Å². The van der Waals surface area contributed by atoms with Crippen LogP contribution in [0.1, 0.15) is 16.7 Å². The lowest BCUT2D eigenvalue weighted by molar-refractivity contribution is 1.18. The second-order valence-electron chi connectivity index (χ2n) is 12.3. The van der Waals surface area contributed by atoms with Gasteiger partial charge in [0.05, 0.1) is 50.5 Å². The Labute approximate surface area is 287 Å². The Kier molecular flexibility index (Phi) is 6.56. The third-order valence-electron chi connectivity index (χ3n) is 9.65. The first-order chi connectivity index (χ1) is 24.7. The van der Waals surface area contributed by atoms with Crippen molar-refractivity contribution >= 4 is 43.6 Å². The van der Waals surface area contributed by atoms with Crippen molar-refractivity contribution in [1.29, 1.82) is 15.8 Å². The third kappa shape index (κ3) is 4.31. The van der Waals surface area contributed by atoms with Gasteiger partial charge in [0.1, 0.15) is 12.1 Å². The fraction of sp³-hybridized carbons (Fsp3) is 0. The molecule has 0 aliphatic rings. The number of hydrogen-bond acceptors (Lipinski definition) is 3. The van der Waals surface area contributed by atoms with Crippen LogP contribution in [0.2, 0.25) is 0 Å². The second kappa shape index (κ2) is 11.4. The highest BCUT2D eigenvalue weighted by atomic mass is 15.0. The van der Waals surface area contributed by atoms with Gasteiger partial charge in [0.15, 0.2) is 0 Å². The van der Waals surface area contributed by atoms with E-state index in [2.05, 4.69) is 106 Å². The van der Waals surface area contributed by atoms with Crippen LogP contribution in [0.25, 0.3) is 77.2 Å². The van der Waals surface area contributed by atoms with Crippen LogP contribution in [0.5, 0.6) is 0 Å². The molecule has 230 valence electrons. The predicted octanol–water partition coefficient (Wildman–Crippen LogP) is 10.8. The average molecular weight is 636 g/mol. The number of benzene rings is 7. The van der Waals surface area contributed by atoms with E-state index >= 15 is 0 Å². The number of fused-ring (bicyclic) bond motifs is 6. The molecule has 0 fully saturated rings. The molecule has 9 aromatic rings. The number of rotatable bonds is 4. The molecule has 0 unspecified atom stereocenters. The highest BCUT2D eigenvalue weighted by Crippen LogP contribution is 2.40. The van der Waals surface area contributed by atoms with Crippen molar-refractivity contribution in [3.8, 4) is 51.8 Å². The predicted molar refractivity (Wildman–Crippen MR) is 200 cm³/mol. The van der Waals surface area contributed by atoms with Gasteiger partial charge in [0.25, 0.3) is 0 Å². The zero-order chi connectivity index (χ0) is 33.8. The summed E-state index contributed by atoms with van der Waals surface area (Å²) in [5.74, 6) is 0. The van der Waals surface area contributed by atoms with Crippen LogP contribution in [-0.2, 0) is 0 Å². The van der Waals surface area contributed by atoms with E-state index in [4.69, 9.17) is 0 Å². The zero-order valence-electron chi connectivity index (χ0n) is 26.7. The van der Waals surface area contributed by atoms with Crippen LogP contribution >= 0.6 is 0 Å². The number of para-hydroxylation sites is 4. The van der Waals surface area contributed by atoms with Gasteiger partial charge in [0.2, 0.25) is 0 Å². The maximum atomic E-state index is 10.4. The summed E-state index contributed by atoms with van der Waals surface area (Å²) in [6.45, 7) is 0. The van der Waals surface area contributed by atoms with E-state index < -0.39 is 0 Å². The molecule has 0 atom stereocenters. The summed E-state index contributed by atoms with van der Waals surface area (Å²) >= 11 is 0. The summed E-state index contributed by atoms with van der Waals surface area (Å²) in [6, 6.07) is 57.9. The molecule has 2 heterocycles. The first-order valence-electron chi connectivity index (χ1n) is 16.3. The third-order valence-corrected chi connectivity index (χ3v) is 9.65. The van der Waals surface area contributed by atoms with Gasteiger partial charge < -0.3 is 9.13 Å². The van der Waals surface area contributed by atoms with Crippen molar-refractivity contribution < 1.29 is 0 Å². The first-order valence-corrected chi connectivity index (χ1v) is 16.3. The molecule has 9 rings (SSSR count). The van der Waals surface area contributed by atoms with Crippen molar-refractivity contribution in [3.63, 3.8) is 0 Å². The SMILES string of the molecule is N#Cc1ccc2c(c1)c1ccccc1n2-c1ccc(-c2cc(C#N)c(C#N)c(-c3ccccc3-n3c4ccccc4c4ccccc43)c2)cc1. The zero-order valence-corrected chi connectivity index (χ0v) is 26.7. The van der Waals surface area contributed by atoms with Gasteiger partial charge in [-0.3, -0.25) is 0 Å². The summed E-state index contributed by atoms with van der Waals surface area (Å²) < 4.78 is 4.46. The Balaban J connectivity index is 1.22. The lowest BCUT2D eigenvalue weighted by Crippen LogP contribution is -2.00. The molecule has 0 spiro atoms. The van der Waals surface area contributed by atoms with Gasteiger partial charge in [-0.05, 0) is 77.9 Å². The normalized spacial score (nSPS) is 11.1. The van der Waals surface area contributed by atoms with Gasteiger partial charge in [0, 0.05) is 38.4 Å². The summed E-state index contributed by atoms with van der Waals surface area (Å²) in [7, 11) is 0. The van der Waals surface area contributed by atoms with Crippen LogP contribution in [0.15, 0.2) is 152 Å². The number of nitriles is 3. The minimum absolute atomic E-state index is 0.330. The summed E-state index contributed by atoms with van der Waals surface area (Å²) in [5, 5.41) is 34.7. The molecular formula is C45H25N5. The minimum Gasteiger partial charge on any atom is -0.309 e. The van der Waals surface area contributed by atoms with E-state index in [9.17, 15) is 15.8 Å². The number of nitrogens with zero attached hydrogens (tertiary/aromatic N) is 5. The Morgan fingerprint density at radius 1 is 0.400 bits per heavy atom. The summed E-state index contributed by atoms with van der Waals surface area (Å²) in [4.78, 5) is 0. The van der Waals surface area contributed by atoms with Gasteiger partial charge >= 0.3 is 0 Å². The number of aromatic nitrogens is 2. The molecule has 2 aromatic heterocycles. The Bertz CT molecular complexity index is 2900. The van der Waals surface area contributed by atoms with Crippen LogP contribution in [0, 0.1) is 34.0 Å². The molecular weight excluding hydrogens is 611 g/mol. The molecule has 0 aliphatic heterocycles. The number of hydrogen-bond donors (Lipinski definition) is 0. The Morgan fingerprint density at radius 2 is 0.980 bits per heavy atom. The molecule has 5 heteroatoms. The molecule has 5 nitrogen and oxygen atoms in total. The van der Waals surface area contributed by atoms with Crippen molar-refractivity contribution in [1.82, 2.24) is 9.13 Å². The maximum absolute atomic E-state index is 10.4. The second-order valence-corrected chi connectivity index (χ2v) is 12.3. The Morgan fingerprint density at radius 3 is 1.62 bits per heavy atom. The van der Waals surface area contributed by atoms with E-state index in [1.807, 2.05) is 72.8 Å². The molecule has 0 saturated heterocycles. The highest BCUT2D eigenvalue weighted by Gasteiger charge is 2.20. The topological polar surface area (TPSA) is 81.2 Å². The smallest absolute Gasteiger partial charge is 0.101 e. The van der Waals surface area contributed by atoms with Crippen LogP contribution < -0.4 is 0 Å². The summed E-state index contributed by atoms with van der Waals surface area (Å²) in [6.07, 6.45) is 0. The van der Waals surface area contributed by atoms with Gasteiger partial charge in [-0.1, -0.05) is 84.9 Å². The van der Waals surface area contributed by atoms with E-state index in [0.29, 0.717) is 22.3 Å². The lowest BCUT2D eigenvalue weighted by atomic mass is 9.90. The van der Waals surface area contributed by atoms with Crippen LogP contribution in [-0.4, -0.2) is 9.13 Å². The molecule has 0 radical (unpaired) electrons. The molecule has 0 saturated carbocycles. The molecule has 0 amide bonds. The van der Waals surface area contributed by atoms with E-state index in [-0.39, 0.29) is 0 Å². The first kappa shape index (κ1) is 28.8. The Hall–Kier alpha value is -7.39. The van der Waals surface area contributed by atoms with Crippen molar-refractivity contribution in [2.24, 2.45) is 0 Å². The van der Waals surface area contributed by atoms with Gasteiger partial charge in [-0.25, -0.2) is 0 Å². The quantitative estimate of drug-likeness (QED) is 0.193. The molecule has 0 bridgehead atoms. The largest absolute Gasteiger partial charge is 0.309 e. The molecule has 50 heavy (non-hydrogen) atoms. The van der Waals surface area contributed by atoms with Crippen LogP contribution in [0.4, 0.5) is 0 Å². The minimum atomic E-state index is 0.330. The monoisotopic (exact) mass is 635 g/mol. The van der Waals surface area contributed by atoms with Crippen LogP contribution in [0.3, 0.4) is 0 Å². The van der Waals surface area contributed by atoms with E-state index in [1.54, 1.807) is 0 Å². The van der Waals surface area contributed by atoms with Gasteiger partial charge in [-0.2, -0.15) is 15.8 Å². The van der Waals surface area contributed by atoms with E-state index in [0.717, 1.165) is 71.7 Å². The molecule has 0 N–H and O–H groups in total. The molecule has 0 aliphatic carbocycles. The lowest BCUT2D eigenvalue weighted by Gasteiger charge is -2.17. The fourth-order valence-electron chi connectivity index (χ4n) is 7.43. The summed E-state index contributed by atoms with van der Waals surface area (Å²) in [5.41, 5.74) is 10.8. The van der Waals surface area contributed by atoms with Gasteiger partial charge in [-0.15, -0.1) is 0 Å². The van der Waals surface area contributed by atoms with Crippen molar-refractivity contribution in [2.75, 3.05) is 0 Å². The maximum Gasteiger partial charge on any atom is 0.101 e. The fourth-order valence-corrected chi connectivity index (χ4v) is 7.43. The molecule has 7 aromatic carbocycles. The standard InChI is InChI=1S/C45H25N5/c46-26-29-17-22-45-39(23-29)37-12-4-5-13-41(37)49(45)33-20-18-30(19-21-33)31-24-32(27-47)40(28-48)38(25-31)36-11-3-8-16-44(36)50-42-14-6-1-9-34(42)35-10-2-7-15-43(35)50/h1-25H. The van der Waals surface area contributed by atoms with E-state index in [1.165, 1.54) is 0 Å². The highest BCUT2D eigenvalue weighted by molar-refractivity contribution is 6.11. The van der Waals surface area contributed by atoms with Crippen molar-refractivity contribution in [3.05, 3.63) is 168 Å². The average Bonchev–Trinajstić information content (AvgIpc) is 3.70.